The molecule has 3 aliphatic rings. The van der Waals surface area contributed by atoms with Crippen molar-refractivity contribution in [3.05, 3.63) is 104 Å². The number of amides is 2. The Kier molecular flexibility index (Phi) is 9.88. The molecule has 0 unspecified atom stereocenters. The summed E-state index contributed by atoms with van der Waals surface area (Å²) >= 11 is 7.79. The lowest BCUT2D eigenvalue weighted by atomic mass is 9.93. The molecule has 0 radical (unpaired) electrons. The number of hydrogen-bond acceptors (Lipinski definition) is 8. The van der Waals surface area contributed by atoms with E-state index in [-0.39, 0.29) is 24.0 Å². The van der Waals surface area contributed by atoms with Gasteiger partial charge in [-0.15, -0.1) is 21.5 Å². The van der Waals surface area contributed by atoms with Crippen molar-refractivity contribution in [3.8, 4) is 10.8 Å². The predicted molar refractivity (Wildman–Crippen MR) is 187 cm³/mol. The van der Waals surface area contributed by atoms with E-state index in [1.54, 1.807) is 24.5 Å². The van der Waals surface area contributed by atoms with E-state index in [0.29, 0.717) is 29.1 Å². The number of ether oxygens (including phenoxy) is 1. The number of halogens is 1. The minimum absolute atomic E-state index is 0.0884. The highest BCUT2D eigenvalue weighted by atomic mass is 35.5. The van der Waals surface area contributed by atoms with Gasteiger partial charge in [-0.25, -0.2) is 0 Å². The van der Waals surface area contributed by atoms with Gasteiger partial charge in [0.25, 0.3) is 0 Å². The normalized spacial score (nSPS) is 16.3. The Morgan fingerprint density at radius 2 is 1.83 bits per heavy atom. The van der Waals surface area contributed by atoms with Crippen molar-refractivity contribution < 1.29 is 19.1 Å². The maximum atomic E-state index is 12.2. The Bertz CT molecular complexity index is 1940. The monoisotopic (exact) mass is 684 g/mol. The fraction of sp³-hybridized carbons (Fsp3) is 0.333. The molecule has 1 aliphatic carbocycles. The molecule has 2 aromatic carbocycles. The minimum Gasteiger partial charge on any atom is -0.493 e. The summed E-state index contributed by atoms with van der Waals surface area (Å²) in [6.45, 7) is 6.81. The molecule has 0 bridgehead atoms. The van der Waals surface area contributed by atoms with Gasteiger partial charge in [-0.05, 0) is 87.6 Å². The number of allylic oxidation sites excluding steroid dienone is 1. The third kappa shape index (κ3) is 6.97. The van der Waals surface area contributed by atoms with E-state index < -0.39 is 6.04 Å². The Morgan fingerprint density at radius 3 is 2.54 bits per heavy atom. The van der Waals surface area contributed by atoms with Gasteiger partial charge in [-0.1, -0.05) is 23.7 Å². The highest BCUT2D eigenvalue weighted by Crippen LogP contribution is 2.39. The molecule has 248 valence electrons. The highest BCUT2D eigenvalue weighted by molar-refractivity contribution is 7.15. The summed E-state index contributed by atoms with van der Waals surface area (Å²) in [7, 11) is 1.63. The zero-order chi connectivity index (χ0) is 33.9. The molecule has 2 aromatic heterocycles. The number of aliphatic imine (C=N–C) groups is 1. The molecular weight excluding hydrogens is 648 g/mol. The number of nitrogens with one attached hydrogen (secondary N) is 2. The van der Waals surface area contributed by atoms with Gasteiger partial charge in [-0.2, -0.15) is 0 Å². The van der Waals surface area contributed by atoms with E-state index in [4.69, 9.17) is 21.3 Å². The summed E-state index contributed by atoms with van der Waals surface area (Å²) in [5.41, 5.74) is 5.71. The van der Waals surface area contributed by atoms with Crippen molar-refractivity contribution in [2.45, 2.75) is 65.0 Å². The molecule has 0 saturated heterocycles. The van der Waals surface area contributed by atoms with Crippen LogP contribution >= 0.6 is 22.9 Å². The second-order valence-corrected chi connectivity index (χ2v) is 13.7. The molecule has 2 aliphatic heterocycles. The highest BCUT2D eigenvalue weighted by Gasteiger charge is 2.32. The van der Waals surface area contributed by atoms with Crippen LogP contribution in [0.15, 0.2) is 59.6 Å². The molecule has 12 heteroatoms. The zero-order valence-electron chi connectivity index (χ0n) is 27.3. The van der Waals surface area contributed by atoms with Gasteiger partial charge in [0.15, 0.2) is 11.6 Å². The van der Waals surface area contributed by atoms with Crippen molar-refractivity contribution in [1.82, 2.24) is 25.4 Å². The number of carbonyl (C=O) groups is 3. The van der Waals surface area contributed by atoms with Crippen molar-refractivity contribution in [2.24, 2.45) is 4.99 Å². The number of hydrogen-bond donors (Lipinski definition) is 2. The van der Waals surface area contributed by atoms with Crippen molar-refractivity contribution in [3.63, 3.8) is 0 Å². The minimum atomic E-state index is -0.425. The first-order chi connectivity index (χ1) is 23.1. The number of ketones is 1. The lowest BCUT2D eigenvalue weighted by Crippen LogP contribution is -2.38. The summed E-state index contributed by atoms with van der Waals surface area (Å²) in [6, 6.07) is 12.9. The van der Waals surface area contributed by atoms with Gasteiger partial charge in [-0.3, -0.25) is 23.9 Å². The van der Waals surface area contributed by atoms with Gasteiger partial charge in [0.05, 0.1) is 18.7 Å². The molecule has 2 amide bonds. The Hall–Kier alpha value is -4.61. The van der Waals surface area contributed by atoms with Crippen molar-refractivity contribution in [2.75, 3.05) is 13.7 Å². The number of thiophene rings is 1. The second-order valence-electron chi connectivity index (χ2n) is 12.0. The van der Waals surface area contributed by atoms with E-state index >= 15 is 0 Å². The van der Waals surface area contributed by atoms with E-state index in [1.807, 2.05) is 47.9 Å². The molecule has 10 nitrogen and oxygen atoms in total. The van der Waals surface area contributed by atoms with Crippen LogP contribution in [0.1, 0.15) is 80.9 Å². The van der Waals surface area contributed by atoms with Gasteiger partial charge in [0, 0.05) is 52.2 Å². The van der Waals surface area contributed by atoms with E-state index in [9.17, 15) is 14.4 Å². The molecule has 0 spiro atoms. The number of aromatic nitrogens is 3. The fourth-order valence-electron chi connectivity index (χ4n) is 5.80. The summed E-state index contributed by atoms with van der Waals surface area (Å²) in [6.07, 6.45) is 6.96. The molecule has 1 atom stereocenters. The summed E-state index contributed by atoms with van der Waals surface area (Å²) in [4.78, 5) is 42.0. The van der Waals surface area contributed by atoms with Crippen molar-refractivity contribution >= 4 is 46.2 Å². The molecule has 4 heterocycles. The van der Waals surface area contributed by atoms with E-state index in [0.717, 1.165) is 58.2 Å². The van der Waals surface area contributed by atoms with Crippen LogP contribution in [0, 0.1) is 20.8 Å². The number of nitrogens with zero attached hydrogens (tertiary/aromatic N) is 4. The number of benzene rings is 2. The summed E-state index contributed by atoms with van der Waals surface area (Å²) in [5, 5.41) is 15.9. The van der Waals surface area contributed by atoms with E-state index in [1.165, 1.54) is 29.0 Å². The summed E-state index contributed by atoms with van der Waals surface area (Å²) in [5.74, 6) is 1.90. The van der Waals surface area contributed by atoms with Gasteiger partial charge >= 0.3 is 0 Å². The van der Waals surface area contributed by atoms with Crippen LogP contribution in [0.25, 0.3) is 5.00 Å². The SMILES string of the molecule is CNC(=O)C[C@@H]1N=C(c2ccc(Cl)cc2)c2c(sc(C)c2C)-n2c(C)nnc21.O=C(/C=C/C(=O)c1ccc2c(c1)CCO2)NC1CCC1. The van der Waals surface area contributed by atoms with Gasteiger partial charge in [0.2, 0.25) is 11.8 Å². The maximum absolute atomic E-state index is 12.2. The van der Waals surface area contributed by atoms with Crippen molar-refractivity contribution in [1.29, 1.82) is 0 Å². The molecule has 7 rings (SSSR count). The molecule has 4 aromatic rings. The first-order valence-electron chi connectivity index (χ1n) is 16.0. The van der Waals surface area contributed by atoms with Crippen LogP contribution in [0.5, 0.6) is 5.75 Å². The van der Waals surface area contributed by atoms with Gasteiger partial charge < -0.3 is 15.4 Å². The fourth-order valence-corrected chi connectivity index (χ4v) is 7.14. The Balaban J connectivity index is 0.000000177. The van der Waals surface area contributed by atoms with Crippen LogP contribution < -0.4 is 15.4 Å². The smallest absolute Gasteiger partial charge is 0.244 e. The first kappa shape index (κ1) is 33.3. The predicted octanol–water partition coefficient (Wildman–Crippen LogP) is 5.96. The molecule has 48 heavy (non-hydrogen) atoms. The maximum Gasteiger partial charge on any atom is 0.244 e. The topological polar surface area (TPSA) is 128 Å². The average molecular weight is 685 g/mol. The van der Waals surface area contributed by atoms with Crippen LogP contribution in [0.4, 0.5) is 0 Å². The van der Waals surface area contributed by atoms with Crippen LogP contribution in [-0.4, -0.2) is 57.8 Å². The lowest BCUT2D eigenvalue weighted by Gasteiger charge is -2.25. The molecule has 1 fully saturated rings. The number of aryl methyl sites for hydroxylation is 2. The molecule has 2 N–H and O–H groups in total. The van der Waals surface area contributed by atoms with Gasteiger partial charge in [0.1, 0.15) is 22.6 Å². The largest absolute Gasteiger partial charge is 0.493 e. The lowest BCUT2D eigenvalue weighted by molar-refractivity contribution is -0.121. The van der Waals surface area contributed by atoms with Crippen LogP contribution in [-0.2, 0) is 16.0 Å². The Morgan fingerprint density at radius 1 is 1.06 bits per heavy atom. The number of carbonyl (C=O) groups excluding carboxylic acids is 3. The second kappa shape index (κ2) is 14.2. The third-order valence-corrected chi connectivity index (χ3v) is 10.3. The zero-order valence-corrected chi connectivity index (χ0v) is 28.9. The van der Waals surface area contributed by atoms with E-state index in [2.05, 4.69) is 34.7 Å². The number of rotatable bonds is 7. The molecule has 1 saturated carbocycles. The number of fused-ring (bicyclic) bond motifs is 4. The molecular formula is C36H37ClN6O4S. The Labute approximate surface area is 288 Å². The van der Waals surface area contributed by atoms with Crippen LogP contribution in [0.2, 0.25) is 5.02 Å². The average Bonchev–Trinajstić information content (AvgIpc) is 3.74. The van der Waals surface area contributed by atoms with Crippen LogP contribution in [0.3, 0.4) is 0 Å². The summed E-state index contributed by atoms with van der Waals surface area (Å²) < 4.78 is 7.44. The third-order valence-electron chi connectivity index (χ3n) is 8.83. The first-order valence-corrected chi connectivity index (χ1v) is 17.2. The quantitative estimate of drug-likeness (QED) is 0.183. The standard InChI is InChI=1S/C20H20ClN5OS.C16H17NO3/c1-10-11(2)28-20-17(10)18(13-5-7-14(21)8-6-13)23-15(9-16(27)22-4)19-25-24-12(3)26(19)20;18-14(5-7-16(19)17-13-2-1-3-13)11-4-6-15-12(10-11)8-9-20-15/h5-8,15H,9H2,1-4H3,(H,22,27);4-7,10,13H,1-3,8-9H2,(H,17,19)/b;7-5+/t15-;/m0./s1.